The number of thiocarbonyl (C=S) groups is 1. The number of rotatable bonds is 8. The van der Waals surface area contributed by atoms with Gasteiger partial charge in [0.25, 0.3) is 5.91 Å². The summed E-state index contributed by atoms with van der Waals surface area (Å²) in [5, 5.41) is 12.1. The van der Waals surface area contributed by atoms with Crippen LogP contribution in [0.3, 0.4) is 0 Å². The van der Waals surface area contributed by atoms with Crippen molar-refractivity contribution in [3.05, 3.63) is 29.8 Å². The lowest BCUT2D eigenvalue weighted by molar-refractivity contribution is -0.143. The number of phenolic OH excluding ortho intramolecular Hbond substituents is 1. The molecule has 0 saturated carbocycles. The van der Waals surface area contributed by atoms with Crippen LogP contribution in [-0.2, 0) is 19.1 Å². The molecule has 0 aromatic heterocycles. The van der Waals surface area contributed by atoms with Gasteiger partial charge in [-0.1, -0.05) is 30.0 Å². The highest BCUT2D eigenvalue weighted by atomic mass is 32.2. The molecule has 0 unspecified atom stereocenters. The zero-order chi connectivity index (χ0) is 19.8. The topological polar surface area (TPSA) is 105 Å². The van der Waals surface area contributed by atoms with Crippen LogP contribution >= 0.6 is 24.0 Å². The Morgan fingerprint density at radius 2 is 2.22 bits per heavy atom. The van der Waals surface area contributed by atoms with Gasteiger partial charge in [-0.25, -0.2) is 4.79 Å². The maximum absolute atomic E-state index is 11.7. The first-order valence-electron chi connectivity index (χ1n) is 7.86. The Labute approximate surface area is 165 Å². The number of ether oxygens (including phenoxy) is 2. The molecule has 2 rings (SSSR count). The summed E-state index contributed by atoms with van der Waals surface area (Å²) in [5.74, 6) is -0.661. The number of carbonyl (C=O) groups excluding carboxylic acids is 3. The Morgan fingerprint density at radius 3 is 2.89 bits per heavy atom. The Morgan fingerprint density at radius 1 is 1.44 bits per heavy atom. The number of hydrogen-bond donors (Lipinski definition) is 2. The number of hydrogen-bond acceptors (Lipinski definition) is 8. The minimum atomic E-state index is -0.690. The zero-order valence-corrected chi connectivity index (χ0v) is 16.1. The van der Waals surface area contributed by atoms with Gasteiger partial charge >= 0.3 is 5.97 Å². The highest BCUT2D eigenvalue weighted by Gasteiger charge is 2.25. The third-order valence-corrected chi connectivity index (χ3v) is 4.89. The van der Waals surface area contributed by atoms with E-state index >= 15 is 0 Å². The van der Waals surface area contributed by atoms with E-state index in [1.54, 1.807) is 12.1 Å². The summed E-state index contributed by atoms with van der Waals surface area (Å²) in [6.07, 6.45) is 2.64. The first-order chi connectivity index (χ1) is 12.9. The van der Waals surface area contributed by atoms with Crippen LogP contribution in [0.1, 0.15) is 5.56 Å². The first kappa shape index (κ1) is 20.7. The molecule has 8 nitrogen and oxygen atoms in total. The van der Waals surface area contributed by atoms with E-state index < -0.39 is 18.5 Å². The molecule has 144 valence electrons. The lowest BCUT2D eigenvalue weighted by atomic mass is 10.2. The number of carbonyl (C=O) groups is 3. The molecular weight excluding hydrogens is 392 g/mol. The SMILES string of the molecule is COc1cc(/C=C/C(=O)OCC(=O)NCCN2C(=O)CSC2=S)ccc1O. The Balaban J connectivity index is 1.71. The maximum Gasteiger partial charge on any atom is 0.331 e. The molecule has 2 amide bonds. The summed E-state index contributed by atoms with van der Waals surface area (Å²) in [7, 11) is 1.42. The number of thioether (sulfide) groups is 1. The van der Waals surface area contributed by atoms with Crippen molar-refractivity contribution in [2.45, 2.75) is 0 Å². The van der Waals surface area contributed by atoms with Crippen molar-refractivity contribution in [3.63, 3.8) is 0 Å². The summed E-state index contributed by atoms with van der Waals surface area (Å²) < 4.78 is 10.3. The van der Waals surface area contributed by atoms with Crippen LogP contribution in [0.2, 0.25) is 0 Å². The summed E-state index contributed by atoms with van der Waals surface area (Å²) in [6, 6.07) is 4.58. The van der Waals surface area contributed by atoms with Crippen LogP contribution in [-0.4, -0.2) is 64.7 Å². The molecule has 2 N–H and O–H groups in total. The van der Waals surface area contributed by atoms with Crippen LogP contribution in [0.5, 0.6) is 11.5 Å². The molecule has 1 aromatic carbocycles. The van der Waals surface area contributed by atoms with Crippen LogP contribution < -0.4 is 10.1 Å². The molecule has 1 saturated heterocycles. The van der Waals surface area contributed by atoms with Gasteiger partial charge in [-0.15, -0.1) is 0 Å². The number of benzene rings is 1. The van der Waals surface area contributed by atoms with E-state index in [0.717, 1.165) is 6.08 Å². The summed E-state index contributed by atoms with van der Waals surface area (Å²) in [4.78, 5) is 36.3. The van der Waals surface area contributed by atoms with Crippen LogP contribution in [0.15, 0.2) is 24.3 Å². The highest BCUT2D eigenvalue weighted by molar-refractivity contribution is 8.23. The number of nitrogens with one attached hydrogen (secondary N) is 1. The molecule has 0 atom stereocenters. The van der Waals surface area contributed by atoms with Crippen molar-refractivity contribution in [3.8, 4) is 11.5 Å². The molecule has 1 aliphatic heterocycles. The second kappa shape index (κ2) is 9.93. The quantitative estimate of drug-likeness (QED) is 0.371. The standard InChI is InChI=1S/C17H18N2O6S2/c1-24-13-8-11(2-4-12(13)20)3-5-16(23)25-9-14(21)18-6-7-19-15(22)10-27-17(19)26/h2-5,8,20H,6-7,9-10H2,1H3,(H,18,21)/b5-3+. The van der Waals surface area contributed by atoms with Crippen molar-refractivity contribution < 1.29 is 29.0 Å². The average Bonchev–Trinajstić information content (AvgIpc) is 2.97. The molecule has 1 aromatic rings. The number of esters is 1. The van der Waals surface area contributed by atoms with Gasteiger partial charge in [-0.05, 0) is 23.8 Å². The molecule has 1 fully saturated rings. The molecule has 1 aliphatic rings. The minimum absolute atomic E-state index is 0.0103. The van der Waals surface area contributed by atoms with Crippen molar-refractivity contribution in [1.29, 1.82) is 0 Å². The van der Waals surface area contributed by atoms with E-state index in [1.807, 2.05) is 0 Å². The Bertz CT molecular complexity index is 765. The number of amides is 2. The third-order valence-electron chi connectivity index (χ3n) is 3.46. The molecule has 0 radical (unpaired) electrons. The number of nitrogens with zero attached hydrogens (tertiary/aromatic N) is 1. The largest absolute Gasteiger partial charge is 0.504 e. The maximum atomic E-state index is 11.7. The van der Waals surface area contributed by atoms with E-state index in [2.05, 4.69) is 5.32 Å². The van der Waals surface area contributed by atoms with Gasteiger partial charge in [0.1, 0.15) is 4.32 Å². The summed E-state index contributed by atoms with van der Waals surface area (Å²) in [5.41, 5.74) is 0.621. The van der Waals surface area contributed by atoms with Crippen molar-refractivity contribution in [2.75, 3.05) is 32.6 Å². The van der Waals surface area contributed by atoms with Crippen LogP contribution in [0, 0.1) is 0 Å². The van der Waals surface area contributed by atoms with Crippen molar-refractivity contribution >= 4 is 52.2 Å². The molecule has 0 bridgehead atoms. The van der Waals surface area contributed by atoms with E-state index in [4.69, 9.17) is 21.7 Å². The average molecular weight is 410 g/mol. The lowest BCUT2D eigenvalue weighted by Gasteiger charge is -2.14. The van der Waals surface area contributed by atoms with Gasteiger partial charge in [0.2, 0.25) is 5.91 Å². The van der Waals surface area contributed by atoms with Gasteiger partial charge in [-0.3, -0.25) is 14.5 Å². The molecule has 27 heavy (non-hydrogen) atoms. The Hall–Kier alpha value is -2.59. The number of methoxy groups -OCH3 is 1. The van der Waals surface area contributed by atoms with Gasteiger partial charge in [-0.2, -0.15) is 0 Å². The molecular formula is C17H18N2O6S2. The number of phenols is 1. The first-order valence-corrected chi connectivity index (χ1v) is 9.25. The van der Waals surface area contributed by atoms with E-state index in [1.165, 1.54) is 35.9 Å². The Kier molecular flexibility index (Phi) is 7.62. The molecule has 0 aliphatic carbocycles. The monoisotopic (exact) mass is 410 g/mol. The molecule has 1 heterocycles. The molecule has 0 spiro atoms. The van der Waals surface area contributed by atoms with E-state index in [-0.39, 0.29) is 30.5 Å². The highest BCUT2D eigenvalue weighted by Crippen LogP contribution is 2.26. The van der Waals surface area contributed by atoms with Crippen LogP contribution in [0.4, 0.5) is 0 Å². The fourth-order valence-corrected chi connectivity index (χ4v) is 3.22. The normalized spacial score (nSPS) is 13.9. The van der Waals surface area contributed by atoms with Gasteiger partial charge < -0.3 is 19.9 Å². The zero-order valence-electron chi connectivity index (χ0n) is 14.5. The van der Waals surface area contributed by atoms with Crippen molar-refractivity contribution in [1.82, 2.24) is 10.2 Å². The smallest absolute Gasteiger partial charge is 0.331 e. The van der Waals surface area contributed by atoms with Crippen molar-refractivity contribution in [2.24, 2.45) is 0 Å². The second-order valence-electron chi connectivity index (χ2n) is 5.32. The number of aromatic hydroxyl groups is 1. The van der Waals surface area contributed by atoms with E-state index in [9.17, 15) is 19.5 Å². The van der Waals surface area contributed by atoms with Gasteiger partial charge in [0.15, 0.2) is 18.1 Å². The minimum Gasteiger partial charge on any atom is -0.504 e. The predicted molar refractivity (Wildman–Crippen MR) is 104 cm³/mol. The van der Waals surface area contributed by atoms with Gasteiger partial charge in [0, 0.05) is 19.2 Å². The predicted octanol–water partition coefficient (Wildman–Crippen LogP) is 0.934. The van der Waals surface area contributed by atoms with Gasteiger partial charge in [0.05, 0.1) is 12.9 Å². The summed E-state index contributed by atoms with van der Waals surface area (Å²) >= 11 is 6.32. The van der Waals surface area contributed by atoms with Crippen LogP contribution in [0.25, 0.3) is 6.08 Å². The van der Waals surface area contributed by atoms with E-state index in [0.29, 0.717) is 15.6 Å². The fraction of sp³-hybridized carbons (Fsp3) is 0.294. The molecule has 10 heteroatoms. The fourth-order valence-electron chi connectivity index (χ4n) is 2.10. The lowest BCUT2D eigenvalue weighted by Crippen LogP contribution is -2.38. The summed E-state index contributed by atoms with van der Waals surface area (Å²) in [6.45, 7) is 0.0636. The second-order valence-corrected chi connectivity index (χ2v) is 6.93. The third kappa shape index (κ3) is 6.26.